The van der Waals surface area contributed by atoms with E-state index in [0.717, 1.165) is 24.8 Å². The van der Waals surface area contributed by atoms with Crippen molar-refractivity contribution in [1.82, 2.24) is 4.72 Å². The Morgan fingerprint density at radius 3 is 2.90 bits per heavy atom. The number of aryl methyl sites for hydroxylation is 1. The Kier molecular flexibility index (Phi) is 4.12. The maximum Gasteiger partial charge on any atom is 0.241 e. The van der Waals surface area contributed by atoms with Crippen molar-refractivity contribution in [2.24, 2.45) is 0 Å². The Morgan fingerprint density at radius 1 is 1.33 bits per heavy atom. The lowest BCUT2D eigenvalue weighted by Gasteiger charge is -2.26. The number of nitrogens with one attached hydrogen (secondary N) is 1. The molecule has 1 atom stereocenters. The fourth-order valence-electron chi connectivity index (χ4n) is 2.72. The van der Waals surface area contributed by atoms with Gasteiger partial charge in [-0.25, -0.2) is 13.1 Å². The molecule has 112 valence electrons. The smallest absolute Gasteiger partial charge is 0.241 e. The molecule has 0 saturated carbocycles. The van der Waals surface area contributed by atoms with Crippen molar-refractivity contribution in [3.05, 3.63) is 51.7 Å². The third kappa shape index (κ3) is 3.03. The van der Waals surface area contributed by atoms with E-state index in [4.69, 9.17) is 5.11 Å². The highest BCUT2D eigenvalue weighted by Crippen LogP contribution is 2.31. The normalized spacial score (nSPS) is 18.4. The van der Waals surface area contributed by atoms with Crippen molar-refractivity contribution in [2.45, 2.75) is 36.8 Å². The summed E-state index contributed by atoms with van der Waals surface area (Å²) in [6.45, 7) is -0.132. The lowest BCUT2D eigenvalue weighted by Crippen LogP contribution is -2.30. The van der Waals surface area contributed by atoms with Gasteiger partial charge in [-0.3, -0.25) is 0 Å². The van der Waals surface area contributed by atoms with Crippen LogP contribution in [0.1, 0.15) is 34.9 Å². The summed E-state index contributed by atoms with van der Waals surface area (Å²) in [6, 6.07) is 9.35. The molecule has 1 aliphatic carbocycles. The molecule has 0 bridgehead atoms. The Hall–Kier alpha value is -1.21. The minimum Gasteiger partial charge on any atom is -0.391 e. The molecular weight excluding hydrogens is 306 g/mol. The highest BCUT2D eigenvalue weighted by Gasteiger charge is 2.26. The molecule has 2 N–H and O–H groups in total. The molecule has 0 amide bonds. The number of aliphatic hydroxyl groups is 1. The molecule has 0 aliphatic heterocycles. The van der Waals surface area contributed by atoms with E-state index in [0.29, 0.717) is 4.88 Å². The van der Waals surface area contributed by atoms with Crippen LogP contribution in [0.5, 0.6) is 0 Å². The monoisotopic (exact) mass is 323 g/mol. The molecule has 1 aromatic heterocycles. The van der Waals surface area contributed by atoms with Crippen LogP contribution >= 0.6 is 11.3 Å². The summed E-state index contributed by atoms with van der Waals surface area (Å²) in [6.07, 6.45) is 2.80. The predicted molar refractivity (Wildman–Crippen MR) is 82.7 cm³/mol. The molecule has 2 aromatic rings. The fourth-order valence-corrected chi connectivity index (χ4v) is 5.10. The SMILES string of the molecule is O=S(=O)(NC1CCCc2ccccc21)c1csc(CO)c1. The zero-order chi connectivity index (χ0) is 14.9. The summed E-state index contributed by atoms with van der Waals surface area (Å²) < 4.78 is 27.7. The van der Waals surface area contributed by atoms with E-state index < -0.39 is 10.0 Å². The van der Waals surface area contributed by atoms with Gasteiger partial charge in [0.15, 0.2) is 0 Å². The molecule has 0 spiro atoms. The topological polar surface area (TPSA) is 66.4 Å². The van der Waals surface area contributed by atoms with Crippen molar-refractivity contribution < 1.29 is 13.5 Å². The van der Waals surface area contributed by atoms with Crippen molar-refractivity contribution >= 4 is 21.4 Å². The van der Waals surface area contributed by atoms with Crippen molar-refractivity contribution in [1.29, 1.82) is 0 Å². The van der Waals surface area contributed by atoms with Gasteiger partial charge >= 0.3 is 0 Å². The van der Waals surface area contributed by atoms with Crippen LogP contribution in [-0.2, 0) is 23.1 Å². The fraction of sp³-hybridized carbons (Fsp3) is 0.333. The van der Waals surface area contributed by atoms with Crippen molar-refractivity contribution in [3.63, 3.8) is 0 Å². The Balaban J connectivity index is 1.86. The van der Waals surface area contributed by atoms with E-state index >= 15 is 0 Å². The quantitative estimate of drug-likeness (QED) is 0.909. The second-order valence-electron chi connectivity index (χ2n) is 5.17. The number of rotatable bonds is 4. The summed E-state index contributed by atoms with van der Waals surface area (Å²) in [5, 5.41) is 10.6. The zero-order valence-corrected chi connectivity index (χ0v) is 13.1. The van der Waals surface area contributed by atoms with Gasteiger partial charge in [-0.05, 0) is 36.5 Å². The number of sulfonamides is 1. The zero-order valence-electron chi connectivity index (χ0n) is 11.5. The van der Waals surface area contributed by atoms with Gasteiger partial charge in [0.2, 0.25) is 10.0 Å². The summed E-state index contributed by atoms with van der Waals surface area (Å²) in [5.41, 5.74) is 2.29. The Bertz CT molecular complexity index is 737. The molecule has 21 heavy (non-hydrogen) atoms. The van der Waals surface area contributed by atoms with Gasteiger partial charge < -0.3 is 5.11 Å². The molecule has 0 saturated heterocycles. The van der Waals surface area contributed by atoms with Gasteiger partial charge in [-0.1, -0.05) is 24.3 Å². The summed E-state index contributed by atoms with van der Waals surface area (Å²) in [5.74, 6) is 0. The van der Waals surface area contributed by atoms with E-state index in [2.05, 4.69) is 10.8 Å². The number of thiophene rings is 1. The summed E-state index contributed by atoms with van der Waals surface area (Å²) in [4.78, 5) is 0.888. The van der Waals surface area contributed by atoms with Crippen LogP contribution in [0.2, 0.25) is 0 Å². The van der Waals surface area contributed by atoms with Crippen LogP contribution in [0.3, 0.4) is 0 Å². The predicted octanol–water partition coefficient (Wildman–Crippen LogP) is 2.60. The van der Waals surface area contributed by atoms with Gasteiger partial charge in [0.1, 0.15) is 0 Å². The minimum absolute atomic E-state index is 0.132. The number of hydrogen-bond acceptors (Lipinski definition) is 4. The molecule has 0 fully saturated rings. The van der Waals surface area contributed by atoms with Crippen LogP contribution < -0.4 is 4.72 Å². The largest absolute Gasteiger partial charge is 0.391 e. The van der Waals surface area contributed by atoms with Gasteiger partial charge in [-0.15, -0.1) is 11.3 Å². The minimum atomic E-state index is -3.54. The lowest BCUT2D eigenvalue weighted by molar-refractivity contribution is 0.285. The first kappa shape index (κ1) is 14.7. The van der Waals surface area contributed by atoms with E-state index in [1.165, 1.54) is 23.0 Å². The average Bonchev–Trinajstić information content (AvgIpc) is 2.97. The second-order valence-corrected chi connectivity index (χ2v) is 7.88. The molecule has 3 rings (SSSR count). The molecule has 6 heteroatoms. The van der Waals surface area contributed by atoms with Gasteiger partial charge in [0.25, 0.3) is 0 Å². The van der Waals surface area contributed by atoms with Gasteiger partial charge in [0, 0.05) is 16.3 Å². The highest BCUT2D eigenvalue weighted by atomic mass is 32.2. The summed E-state index contributed by atoms with van der Waals surface area (Å²) >= 11 is 1.25. The Labute approximate surface area is 128 Å². The molecule has 1 aliphatic rings. The van der Waals surface area contributed by atoms with Gasteiger partial charge in [0.05, 0.1) is 11.5 Å². The maximum atomic E-state index is 12.5. The molecular formula is C15H17NO3S2. The van der Waals surface area contributed by atoms with Crippen LogP contribution in [0, 0.1) is 0 Å². The van der Waals surface area contributed by atoms with E-state index in [1.807, 2.05) is 18.2 Å². The molecule has 0 radical (unpaired) electrons. The molecule has 1 unspecified atom stereocenters. The number of benzene rings is 1. The van der Waals surface area contributed by atoms with Gasteiger partial charge in [-0.2, -0.15) is 0 Å². The first-order valence-corrected chi connectivity index (χ1v) is 9.25. The molecule has 1 aromatic carbocycles. The number of hydrogen-bond donors (Lipinski definition) is 2. The third-order valence-corrected chi connectivity index (χ3v) is 6.28. The standard InChI is InChI=1S/C15H17NO3S2/c17-9-12-8-13(10-20-12)21(18,19)16-15-7-3-5-11-4-1-2-6-14(11)15/h1-2,4,6,8,10,15-17H,3,5,7,9H2. The molecule has 4 nitrogen and oxygen atoms in total. The van der Waals surface area contributed by atoms with Crippen LogP contribution in [0.15, 0.2) is 40.6 Å². The molecule has 1 heterocycles. The number of aliphatic hydroxyl groups excluding tert-OH is 1. The third-order valence-electron chi connectivity index (χ3n) is 3.76. The maximum absolute atomic E-state index is 12.5. The van der Waals surface area contributed by atoms with Crippen LogP contribution in [0.25, 0.3) is 0 Å². The average molecular weight is 323 g/mol. The highest BCUT2D eigenvalue weighted by molar-refractivity contribution is 7.89. The van der Waals surface area contributed by atoms with Crippen molar-refractivity contribution in [2.75, 3.05) is 0 Å². The van der Waals surface area contributed by atoms with Crippen LogP contribution in [0.4, 0.5) is 0 Å². The first-order valence-electron chi connectivity index (χ1n) is 6.88. The van der Waals surface area contributed by atoms with E-state index in [9.17, 15) is 8.42 Å². The first-order chi connectivity index (χ1) is 10.1. The lowest BCUT2D eigenvalue weighted by atomic mass is 9.88. The van der Waals surface area contributed by atoms with Crippen molar-refractivity contribution in [3.8, 4) is 0 Å². The Morgan fingerprint density at radius 2 is 2.14 bits per heavy atom. The van der Waals surface area contributed by atoms with E-state index in [1.54, 1.807) is 5.38 Å². The number of fused-ring (bicyclic) bond motifs is 1. The van der Waals surface area contributed by atoms with Crippen LogP contribution in [-0.4, -0.2) is 13.5 Å². The second kappa shape index (κ2) is 5.88. The summed E-state index contributed by atoms with van der Waals surface area (Å²) in [7, 11) is -3.54. The van der Waals surface area contributed by atoms with E-state index in [-0.39, 0.29) is 17.5 Å².